The molecule has 0 saturated heterocycles. The van der Waals surface area contributed by atoms with E-state index >= 15 is 0 Å². The number of benzene rings is 1. The number of carbonyl (C=O) groups excluding carboxylic acids is 1. The Bertz CT molecular complexity index is 564. The molecule has 2 rings (SSSR count). The van der Waals surface area contributed by atoms with Gasteiger partial charge < -0.3 is 10.4 Å². The molecule has 0 saturated carbocycles. The van der Waals surface area contributed by atoms with Gasteiger partial charge in [0.05, 0.1) is 18.8 Å². The van der Waals surface area contributed by atoms with Crippen LogP contribution in [0.4, 0.5) is 5.82 Å². The molecular weight excluding hydrogens is 254 g/mol. The van der Waals surface area contributed by atoms with Crippen molar-refractivity contribution in [2.75, 3.05) is 11.9 Å². The summed E-state index contributed by atoms with van der Waals surface area (Å²) in [6.07, 6.45) is 1.13. The number of aromatic nitrogens is 2. The summed E-state index contributed by atoms with van der Waals surface area (Å²) in [6.45, 7) is 2.23. The van der Waals surface area contributed by atoms with Gasteiger partial charge in [0.25, 0.3) is 0 Å². The maximum atomic E-state index is 11.9. The molecule has 0 unspecified atom stereocenters. The minimum Gasteiger partial charge on any atom is -0.394 e. The fourth-order valence-electron chi connectivity index (χ4n) is 2.02. The number of anilines is 1. The Morgan fingerprint density at radius 3 is 2.80 bits per heavy atom. The summed E-state index contributed by atoms with van der Waals surface area (Å²) in [5.41, 5.74) is 1.96. The lowest BCUT2D eigenvalue weighted by Gasteiger charge is -2.07. The van der Waals surface area contributed by atoms with Gasteiger partial charge in [0.15, 0.2) is 0 Å². The zero-order valence-corrected chi connectivity index (χ0v) is 11.5. The van der Waals surface area contributed by atoms with Gasteiger partial charge in [-0.1, -0.05) is 30.3 Å². The normalized spacial score (nSPS) is 10.5. The van der Waals surface area contributed by atoms with Crippen LogP contribution in [0.15, 0.2) is 36.4 Å². The van der Waals surface area contributed by atoms with Gasteiger partial charge in [-0.15, -0.1) is 0 Å². The van der Waals surface area contributed by atoms with E-state index in [9.17, 15) is 4.79 Å². The molecule has 0 aliphatic carbocycles. The number of hydrogen-bond donors (Lipinski definition) is 2. The average Bonchev–Trinajstić information content (AvgIpc) is 2.78. The van der Waals surface area contributed by atoms with Gasteiger partial charge in [0.1, 0.15) is 5.82 Å². The lowest BCUT2D eigenvalue weighted by molar-refractivity contribution is -0.116. The van der Waals surface area contributed by atoms with Crippen LogP contribution in [0.2, 0.25) is 0 Å². The average molecular weight is 273 g/mol. The van der Waals surface area contributed by atoms with Gasteiger partial charge in [0, 0.05) is 12.5 Å². The summed E-state index contributed by atoms with van der Waals surface area (Å²) in [7, 11) is 0. The second-order valence-electron chi connectivity index (χ2n) is 4.65. The molecule has 20 heavy (non-hydrogen) atoms. The van der Waals surface area contributed by atoms with E-state index < -0.39 is 0 Å². The number of hydrogen-bond acceptors (Lipinski definition) is 3. The largest absolute Gasteiger partial charge is 0.394 e. The van der Waals surface area contributed by atoms with Gasteiger partial charge in [-0.25, -0.2) is 4.68 Å². The Labute approximate surface area is 118 Å². The zero-order chi connectivity index (χ0) is 14.4. The molecule has 0 aliphatic heterocycles. The molecule has 2 aromatic rings. The molecule has 1 aromatic heterocycles. The van der Waals surface area contributed by atoms with Crippen LogP contribution in [-0.4, -0.2) is 27.4 Å². The van der Waals surface area contributed by atoms with Gasteiger partial charge in [-0.05, 0) is 18.9 Å². The lowest BCUT2D eigenvalue weighted by Crippen LogP contribution is -2.17. The predicted octanol–water partition coefficient (Wildman–Crippen LogP) is 1.76. The van der Waals surface area contributed by atoms with E-state index in [0.29, 0.717) is 25.2 Å². The van der Waals surface area contributed by atoms with Crippen LogP contribution in [0, 0.1) is 6.92 Å². The quantitative estimate of drug-likeness (QED) is 0.842. The van der Waals surface area contributed by atoms with Gasteiger partial charge >= 0.3 is 0 Å². The summed E-state index contributed by atoms with van der Waals surface area (Å²) < 4.78 is 1.61. The molecule has 1 heterocycles. The van der Waals surface area contributed by atoms with Crippen LogP contribution < -0.4 is 5.32 Å². The number of nitrogens with zero attached hydrogens (tertiary/aromatic N) is 2. The molecule has 5 heteroatoms. The van der Waals surface area contributed by atoms with Crippen LogP contribution in [0.1, 0.15) is 17.7 Å². The van der Waals surface area contributed by atoms with Crippen molar-refractivity contribution in [2.24, 2.45) is 0 Å². The monoisotopic (exact) mass is 273 g/mol. The van der Waals surface area contributed by atoms with Crippen LogP contribution in [0.5, 0.6) is 0 Å². The van der Waals surface area contributed by atoms with Crippen molar-refractivity contribution < 1.29 is 9.90 Å². The third kappa shape index (κ3) is 3.93. The second-order valence-corrected chi connectivity index (χ2v) is 4.65. The number of aryl methyl sites for hydroxylation is 2. The molecule has 0 atom stereocenters. The molecular formula is C15H19N3O2. The van der Waals surface area contributed by atoms with Crippen LogP contribution in [0.25, 0.3) is 0 Å². The number of rotatable bonds is 6. The first-order chi connectivity index (χ1) is 9.69. The highest BCUT2D eigenvalue weighted by molar-refractivity contribution is 5.90. The van der Waals surface area contributed by atoms with Crippen molar-refractivity contribution in [3.05, 3.63) is 47.7 Å². The van der Waals surface area contributed by atoms with Gasteiger partial charge in [-0.2, -0.15) is 5.10 Å². The standard InChI is InChI=1S/C15H19N3O2/c1-12-11-14(18(17-12)9-10-19)16-15(20)8-7-13-5-3-2-4-6-13/h2-6,11,19H,7-10H2,1H3,(H,16,20). The highest BCUT2D eigenvalue weighted by atomic mass is 16.3. The fourth-order valence-corrected chi connectivity index (χ4v) is 2.02. The highest BCUT2D eigenvalue weighted by Gasteiger charge is 2.09. The molecule has 1 aromatic carbocycles. The van der Waals surface area contributed by atoms with E-state index in [1.54, 1.807) is 10.7 Å². The number of amides is 1. The number of aliphatic hydroxyl groups excluding tert-OH is 1. The maximum absolute atomic E-state index is 11.9. The molecule has 1 amide bonds. The van der Waals surface area contributed by atoms with E-state index in [0.717, 1.165) is 11.3 Å². The molecule has 0 aliphatic rings. The first-order valence-electron chi connectivity index (χ1n) is 6.68. The molecule has 0 radical (unpaired) electrons. The molecule has 106 valence electrons. The Kier molecular flexibility index (Phi) is 4.90. The molecule has 0 bridgehead atoms. The van der Waals surface area contributed by atoms with E-state index in [4.69, 9.17) is 5.11 Å². The van der Waals surface area contributed by atoms with Crippen molar-refractivity contribution in [1.29, 1.82) is 0 Å². The van der Waals surface area contributed by atoms with Crippen LogP contribution >= 0.6 is 0 Å². The highest BCUT2D eigenvalue weighted by Crippen LogP contribution is 2.11. The van der Waals surface area contributed by atoms with Crippen molar-refractivity contribution in [3.8, 4) is 0 Å². The maximum Gasteiger partial charge on any atom is 0.225 e. The predicted molar refractivity (Wildman–Crippen MR) is 77.4 cm³/mol. The molecule has 5 nitrogen and oxygen atoms in total. The van der Waals surface area contributed by atoms with E-state index in [1.807, 2.05) is 37.3 Å². The minimum absolute atomic E-state index is 0.00595. The Morgan fingerprint density at radius 1 is 1.35 bits per heavy atom. The Hall–Kier alpha value is -2.14. The van der Waals surface area contributed by atoms with Gasteiger partial charge in [0.2, 0.25) is 5.91 Å². The molecule has 0 spiro atoms. The third-order valence-corrected chi connectivity index (χ3v) is 2.96. The summed E-state index contributed by atoms with van der Waals surface area (Å²) >= 11 is 0. The number of aliphatic hydroxyl groups is 1. The van der Waals surface area contributed by atoms with Crippen molar-refractivity contribution in [3.63, 3.8) is 0 Å². The van der Waals surface area contributed by atoms with E-state index in [2.05, 4.69) is 10.4 Å². The van der Waals surface area contributed by atoms with E-state index in [-0.39, 0.29) is 12.5 Å². The first-order valence-corrected chi connectivity index (χ1v) is 6.68. The third-order valence-electron chi connectivity index (χ3n) is 2.96. The minimum atomic E-state index is -0.0482. The topological polar surface area (TPSA) is 67.2 Å². The summed E-state index contributed by atoms with van der Waals surface area (Å²) in [5, 5.41) is 16.0. The SMILES string of the molecule is Cc1cc(NC(=O)CCc2ccccc2)n(CCO)n1. The smallest absolute Gasteiger partial charge is 0.225 e. The second kappa shape index (κ2) is 6.86. The Balaban J connectivity index is 1.91. The van der Waals surface area contributed by atoms with Crippen molar-refractivity contribution >= 4 is 11.7 Å². The first kappa shape index (κ1) is 14.3. The number of nitrogens with one attached hydrogen (secondary N) is 1. The number of carbonyl (C=O) groups is 1. The summed E-state index contributed by atoms with van der Waals surface area (Å²) in [4.78, 5) is 11.9. The van der Waals surface area contributed by atoms with Gasteiger partial charge in [-0.3, -0.25) is 4.79 Å². The Morgan fingerprint density at radius 2 is 2.10 bits per heavy atom. The zero-order valence-electron chi connectivity index (χ0n) is 11.5. The molecule has 0 fully saturated rings. The van der Waals surface area contributed by atoms with Crippen molar-refractivity contribution in [1.82, 2.24) is 9.78 Å². The molecule has 2 N–H and O–H groups in total. The van der Waals surface area contributed by atoms with Crippen molar-refractivity contribution in [2.45, 2.75) is 26.3 Å². The van der Waals surface area contributed by atoms with Crippen LogP contribution in [0.3, 0.4) is 0 Å². The van der Waals surface area contributed by atoms with Crippen LogP contribution in [-0.2, 0) is 17.8 Å². The lowest BCUT2D eigenvalue weighted by atomic mass is 10.1. The summed E-state index contributed by atoms with van der Waals surface area (Å²) in [6, 6.07) is 11.7. The van der Waals surface area contributed by atoms with E-state index in [1.165, 1.54) is 0 Å². The fraction of sp³-hybridized carbons (Fsp3) is 0.333. The summed E-state index contributed by atoms with van der Waals surface area (Å²) in [5.74, 6) is 0.586.